The van der Waals surface area contributed by atoms with Crippen LogP contribution < -0.4 is 4.72 Å². The molecule has 0 fully saturated rings. The molecule has 1 heterocycles. The standard InChI is InChI=1S/C9H15NO2S2/c1-4-8-5-6-9(13-8)14(11,12)10-7(2)3/h5-7,10H,4H2,1-3H3. The summed E-state index contributed by atoms with van der Waals surface area (Å²) < 4.78 is 26.3. The highest BCUT2D eigenvalue weighted by Gasteiger charge is 2.17. The Balaban J connectivity index is 2.93. The smallest absolute Gasteiger partial charge is 0.208 e. The van der Waals surface area contributed by atoms with Gasteiger partial charge in [0.2, 0.25) is 10.0 Å². The molecule has 0 aliphatic heterocycles. The molecule has 1 aromatic rings. The van der Waals surface area contributed by atoms with E-state index in [1.54, 1.807) is 6.07 Å². The van der Waals surface area contributed by atoms with Crippen molar-refractivity contribution in [2.45, 2.75) is 37.4 Å². The summed E-state index contributed by atoms with van der Waals surface area (Å²) in [5, 5.41) is 0. The molecule has 5 heteroatoms. The van der Waals surface area contributed by atoms with Gasteiger partial charge in [0, 0.05) is 10.9 Å². The lowest BCUT2D eigenvalue weighted by Gasteiger charge is -2.06. The van der Waals surface area contributed by atoms with Crippen molar-refractivity contribution in [1.29, 1.82) is 0 Å². The molecule has 14 heavy (non-hydrogen) atoms. The van der Waals surface area contributed by atoms with Gasteiger partial charge < -0.3 is 0 Å². The molecule has 80 valence electrons. The van der Waals surface area contributed by atoms with Crippen molar-refractivity contribution >= 4 is 21.4 Å². The summed E-state index contributed by atoms with van der Waals surface area (Å²) in [4.78, 5) is 1.09. The van der Waals surface area contributed by atoms with Crippen molar-refractivity contribution in [3.8, 4) is 0 Å². The maximum Gasteiger partial charge on any atom is 0.250 e. The molecule has 0 spiro atoms. The normalized spacial score (nSPS) is 12.3. The second-order valence-corrected chi connectivity index (χ2v) is 6.46. The molecule has 1 rings (SSSR count). The van der Waals surface area contributed by atoms with Gasteiger partial charge in [0.15, 0.2) is 0 Å². The zero-order valence-electron chi connectivity index (χ0n) is 8.57. The Bertz CT molecular complexity index is 393. The summed E-state index contributed by atoms with van der Waals surface area (Å²) >= 11 is 1.33. The van der Waals surface area contributed by atoms with E-state index in [9.17, 15) is 8.42 Å². The maximum absolute atomic E-state index is 11.7. The van der Waals surface area contributed by atoms with E-state index in [0.29, 0.717) is 4.21 Å². The maximum atomic E-state index is 11.7. The fourth-order valence-electron chi connectivity index (χ4n) is 1.06. The first-order valence-electron chi connectivity index (χ1n) is 4.56. The van der Waals surface area contributed by atoms with Crippen LogP contribution in [0.5, 0.6) is 0 Å². The molecule has 0 saturated heterocycles. The fourth-order valence-corrected chi connectivity index (χ4v) is 3.62. The van der Waals surface area contributed by atoms with Gasteiger partial charge in [0.25, 0.3) is 0 Å². The van der Waals surface area contributed by atoms with Crippen LogP contribution in [0.3, 0.4) is 0 Å². The van der Waals surface area contributed by atoms with Crippen LogP contribution in [0.25, 0.3) is 0 Å². The molecule has 0 radical (unpaired) electrons. The van der Waals surface area contributed by atoms with Crippen molar-refractivity contribution in [1.82, 2.24) is 4.72 Å². The first-order chi connectivity index (χ1) is 6.45. The van der Waals surface area contributed by atoms with Crippen LogP contribution >= 0.6 is 11.3 Å². The third-order valence-corrected chi connectivity index (χ3v) is 5.02. The molecule has 0 aliphatic carbocycles. The summed E-state index contributed by atoms with van der Waals surface area (Å²) in [6.45, 7) is 5.63. The topological polar surface area (TPSA) is 46.2 Å². The van der Waals surface area contributed by atoms with Crippen molar-refractivity contribution in [3.05, 3.63) is 17.0 Å². The van der Waals surface area contributed by atoms with Crippen molar-refractivity contribution < 1.29 is 8.42 Å². The van der Waals surface area contributed by atoms with Gasteiger partial charge in [-0.3, -0.25) is 0 Å². The number of rotatable bonds is 4. The molecule has 0 aromatic carbocycles. The highest BCUT2D eigenvalue weighted by Crippen LogP contribution is 2.21. The molecule has 0 aliphatic rings. The molecule has 0 atom stereocenters. The molecule has 0 bridgehead atoms. The highest BCUT2D eigenvalue weighted by atomic mass is 32.2. The first-order valence-corrected chi connectivity index (χ1v) is 6.86. The van der Waals surface area contributed by atoms with Gasteiger partial charge in [0.1, 0.15) is 4.21 Å². The third-order valence-electron chi connectivity index (χ3n) is 1.64. The summed E-state index contributed by atoms with van der Waals surface area (Å²) in [5.41, 5.74) is 0. The van der Waals surface area contributed by atoms with Gasteiger partial charge in [-0.1, -0.05) is 6.92 Å². The van der Waals surface area contributed by atoms with Crippen LogP contribution in [0.1, 0.15) is 25.6 Å². The second-order valence-electron chi connectivity index (χ2n) is 3.35. The van der Waals surface area contributed by atoms with Gasteiger partial charge >= 0.3 is 0 Å². The van der Waals surface area contributed by atoms with E-state index >= 15 is 0 Å². The Kier molecular flexibility index (Phi) is 3.69. The molecule has 0 unspecified atom stereocenters. The minimum Gasteiger partial charge on any atom is -0.208 e. The molecule has 0 amide bonds. The fraction of sp³-hybridized carbons (Fsp3) is 0.556. The van der Waals surface area contributed by atoms with Crippen molar-refractivity contribution in [2.75, 3.05) is 0 Å². The number of aryl methyl sites for hydroxylation is 1. The van der Waals surface area contributed by atoms with E-state index in [-0.39, 0.29) is 6.04 Å². The third kappa shape index (κ3) is 2.80. The number of hydrogen-bond donors (Lipinski definition) is 1. The minimum atomic E-state index is -3.28. The Morgan fingerprint density at radius 1 is 1.43 bits per heavy atom. The van der Waals surface area contributed by atoms with Gasteiger partial charge in [-0.05, 0) is 32.4 Å². The van der Waals surface area contributed by atoms with Gasteiger partial charge in [-0.2, -0.15) is 0 Å². The Morgan fingerprint density at radius 3 is 2.50 bits per heavy atom. The number of thiophene rings is 1. The molecule has 1 aromatic heterocycles. The van der Waals surface area contributed by atoms with E-state index < -0.39 is 10.0 Å². The number of nitrogens with one attached hydrogen (secondary N) is 1. The first kappa shape index (κ1) is 11.7. The largest absolute Gasteiger partial charge is 0.250 e. The summed E-state index contributed by atoms with van der Waals surface area (Å²) in [7, 11) is -3.28. The SMILES string of the molecule is CCc1ccc(S(=O)(=O)NC(C)C)s1. The second kappa shape index (κ2) is 4.42. The zero-order chi connectivity index (χ0) is 10.8. The number of sulfonamides is 1. The molecular weight excluding hydrogens is 218 g/mol. The van der Waals surface area contributed by atoms with E-state index in [0.717, 1.165) is 11.3 Å². The van der Waals surface area contributed by atoms with E-state index in [4.69, 9.17) is 0 Å². The monoisotopic (exact) mass is 233 g/mol. The van der Waals surface area contributed by atoms with Gasteiger partial charge in [-0.15, -0.1) is 11.3 Å². The van der Waals surface area contributed by atoms with E-state index in [1.807, 2.05) is 26.8 Å². The molecule has 0 saturated carbocycles. The van der Waals surface area contributed by atoms with Crippen molar-refractivity contribution in [2.24, 2.45) is 0 Å². The Morgan fingerprint density at radius 2 is 2.07 bits per heavy atom. The summed E-state index contributed by atoms with van der Waals surface area (Å²) in [6.07, 6.45) is 0.877. The Hall–Kier alpha value is -0.390. The van der Waals surface area contributed by atoms with Gasteiger partial charge in [-0.25, -0.2) is 13.1 Å². The predicted octanol–water partition coefficient (Wildman–Crippen LogP) is 2.00. The van der Waals surface area contributed by atoms with Crippen LogP contribution in [0.4, 0.5) is 0 Å². The minimum absolute atomic E-state index is 0.0628. The average molecular weight is 233 g/mol. The van der Waals surface area contributed by atoms with E-state index in [2.05, 4.69) is 4.72 Å². The quantitative estimate of drug-likeness (QED) is 0.864. The average Bonchev–Trinajstić information content (AvgIpc) is 2.49. The van der Waals surface area contributed by atoms with Crippen LogP contribution in [-0.4, -0.2) is 14.5 Å². The predicted molar refractivity (Wildman–Crippen MR) is 59.2 cm³/mol. The lowest BCUT2D eigenvalue weighted by atomic mass is 10.4. The van der Waals surface area contributed by atoms with E-state index in [1.165, 1.54) is 11.3 Å². The van der Waals surface area contributed by atoms with Gasteiger partial charge in [0.05, 0.1) is 0 Å². The lowest BCUT2D eigenvalue weighted by molar-refractivity contribution is 0.572. The Labute approximate surface area is 89.2 Å². The van der Waals surface area contributed by atoms with Crippen LogP contribution in [0.2, 0.25) is 0 Å². The molecule has 3 nitrogen and oxygen atoms in total. The highest BCUT2D eigenvalue weighted by molar-refractivity contribution is 7.91. The molecular formula is C9H15NO2S2. The zero-order valence-corrected chi connectivity index (χ0v) is 10.2. The van der Waals surface area contributed by atoms with Crippen LogP contribution in [0, 0.1) is 0 Å². The van der Waals surface area contributed by atoms with Crippen molar-refractivity contribution in [3.63, 3.8) is 0 Å². The summed E-state index contributed by atoms with van der Waals surface area (Å²) in [5.74, 6) is 0. The lowest BCUT2D eigenvalue weighted by Crippen LogP contribution is -2.29. The number of hydrogen-bond acceptors (Lipinski definition) is 3. The summed E-state index contributed by atoms with van der Waals surface area (Å²) in [6, 6.07) is 3.46. The molecule has 1 N–H and O–H groups in total. The van der Waals surface area contributed by atoms with Crippen LogP contribution in [-0.2, 0) is 16.4 Å². The van der Waals surface area contributed by atoms with Crippen LogP contribution in [0.15, 0.2) is 16.3 Å².